The van der Waals surface area contributed by atoms with Crippen LogP contribution in [0.25, 0.3) is 0 Å². The SMILES string of the molecule is CC/C=C\C[C@H](O)/C=C/[C@H]1C(=O)C[C@H](O)[C@H]1C/C=C\C/C=C\CCC(=O)O. The highest BCUT2D eigenvalue weighted by Crippen LogP contribution is 2.33. The van der Waals surface area contributed by atoms with E-state index >= 15 is 0 Å². The fraction of sp³-hybridized carbons (Fsp3) is 0.545. The van der Waals surface area contributed by atoms with Gasteiger partial charge in [-0.25, -0.2) is 0 Å². The molecule has 27 heavy (non-hydrogen) atoms. The van der Waals surface area contributed by atoms with Gasteiger partial charge in [0, 0.05) is 24.7 Å². The largest absolute Gasteiger partial charge is 0.481 e. The Bertz CT molecular complexity index is 573. The molecule has 0 aromatic heterocycles. The lowest BCUT2D eigenvalue weighted by Gasteiger charge is -2.16. The predicted octanol–water partition coefficient (Wildman–Crippen LogP) is 3.58. The highest BCUT2D eigenvalue weighted by molar-refractivity contribution is 5.86. The third kappa shape index (κ3) is 9.50. The number of aliphatic carboxylic acids is 1. The average molecular weight is 376 g/mol. The Balaban J connectivity index is 2.48. The highest BCUT2D eigenvalue weighted by atomic mass is 16.4. The molecule has 4 atom stereocenters. The number of carbonyl (C=O) groups is 2. The van der Waals surface area contributed by atoms with Crippen molar-refractivity contribution in [3.63, 3.8) is 0 Å². The van der Waals surface area contributed by atoms with Crippen LogP contribution in [0.2, 0.25) is 0 Å². The van der Waals surface area contributed by atoms with Crippen LogP contribution in [0.4, 0.5) is 0 Å². The number of aliphatic hydroxyl groups is 2. The van der Waals surface area contributed by atoms with Gasteiger partial charge in [-0.1, -0.05) is 55.5 Å². The summed E-state index contributed by atoms with van der Waals surface area (Å²) < 4.78 is 0. The van der Waals surface area contributed by atoms with Crippen molar-refractivity contribution >= 4 is 11.8 Å². The third-order valence-corrected chi connectivity index (χ3v) is 4.60. The molecule has 0 aromatic rings. The molecule has 0 heterocycles. The maximum Gasteiger partial charge on any atom is 0.303 e. The Hall–Kier alpha value is -1.98. The van der Waals surface area contributed by atoms with Crippen LogP contribution in [0.3, 0.4) is 0 Å². The zero-order valence-electron chi connectivity index (χ0n) is 16.0. The Labute approximate surface area is 161 Å². The molecule has 1 rings (SSSR count). The first-order chi connectivity index (χ1) is 13.0. The van der Waals surface area contributed by atoms with Crippen LogP contribution in [0.15, 0.2) is 48.6 Å². The van der Waals surface area contributed by atoms with E-state index in [1.807, 2.05) is 43.4 Å². The standard InChI is InChI=1S/C22H32O5/c1-2-3-8-11-17(23)14-15-19-18(20(24)16-21(19)25)12-9-6-4-5-7-10-13-22(26)27/h3,5-9,14-15,17-20,23-24H,2,4,10-13,16H2,1H3,(H,26,27)/b7-5-,8-3-,9-6-,15-14+/t17-,18-,19+,20-/m0/s1. The van der Waals surface area contributed by atoms with Gasteiger partial charge in [0.15, 0.2) is 0 Å². The molecule has 1 aliphatic rings. The Morgan fingerprint density at radius 3 is 2.63 bits per heavy atom. The van der Waals surface area contributed by atoms with Gasteiger partial charge < -0.3 is 15.3 Å². The van der Waals surface area contributed by atoms with Gasteiger partial charge in [0.1, 0.15) is 5.78 Å². The summed E-state index contributed by atoms with van der Waals surface area (Å²) >= 11 is 0. The van der Waals surface area contributed by atoms with Gasteiger partial charge in [-0.2, -0.15) is 0 Å². The van der Waals surface area contributed by atoms with E-state index in [0.717, 1.165) is 6.42 Å². The quantitative estimate of drug-likeness (QED) is 0.453. The van der Waals surface area contributed by atoms with Crippen molar-refractivity contribution in [3.8, 4) is 0 Å². The number of allylic oxidation sites excluding steroid dienone is 6. The molecule has 0 aliphatic heterocycles. The molecule has 0 aromatic carbocycles. The van der Waals surface area contributed by atoms with Crippen molar-refractivity contribution in [2.24, 2.45) is 11.8 Å². The van der Waals surface area contributed by atoms with Crippen molar-refractivity contribution in [2.45, 2.75) is 64.1 Å². The van der Waals surface area contributed by atoms with Gasteiger partial charge in [-0.3, -0.25) is 9.59 Å². The first-order valence-electron chi connectivity index (χ1n) is 9.69. The fourth-order valence-electron chi connectivity index (χ4n) is 3.10. The second-order valence-electron chi connectivity index (χ2n) is 6.84. The van der Waals surface area contributed by atoms with Gasteiger partial charge >= 0.3 is 5.97 Å². The van der Waals surface area contributed by atoms with Crippen LogP contribution < -0.4 is 0 Å². The molecule has 1 fully saturated rings. The molecule has 0 amide bonds. The Kier molecular flexibility index (Phi) is 11.3. The van der Waals surface area contributed by atoms with Crippen LogP contribution in [-0.2, 0) is 9.59 Å². The van der Waals surface area contributed by atoms with Crippen molar-refractivity contribution in [2.75, 3.05) is 0 Å². The summed E-state index contributed by atoms with van der Waals surface area (Å²) in [6.45, 7) is 2.03. The van der Waals surface area contributed by atoms with Gasteiger partial charge in [0.25, 0.3) is 0 Å². The monoisotopic (exact) mass is 376 g/mol. The molecular weight excluding hydrogens is 344 g/mol. The topological polar surface area (TPSA) is 94.8 Å². The van der Waals surface area contributed by atoms with Gasteiger partial charge in [-0.05, 0) is 32.1 Å². The van der Waals surface area contributed by atoms with E-state index in [2.05, 4.69) is 0 Å². The van der Waals surface area contributed by atoms with Crippen LogP contribution in [-0.4, -0.2) is 39.3 Å². The summed E-state index contributed by atoms with van der Waals surface area (Å²) in [6, 6.07) is 0. The Morgan fingerprint density at radius 2 is 1.93 bits per heavy atom. The van der Waals surface area contributed by atoms with E-state index in [1.165, 1.54) is 0 Å². The first-order valence-corrected chi connectivity index (χ1v) is 9.69. The predicted molar refractivity (Wildman–Crippen MR) is 106 cm³/mol. The smallest absolute Gasteiger partial charge is 0.303 e. The molecule has 1 saturated carbocycles. The van der Waals surface area contributed by atoms with E-state index in [4.69, 9.17) is 5.11 Å². The van der Waals surface area contributed by atoms with E-state index in [1.54, 1.807) is 12.2 Å². The maximum absolute atomic E-state index is 12.1. The molecule has 0 radical (unpaired) electrons. The molecule has 0 spiro atoms. The number of carbonyl (C=O) groups excluding carboxylic acids is 1. The maximum atomic E-state index is 12.1. The number of hydrogen-bond donors (Lipinski definition) is 3. The Morgan fingerprint density at radius 1 is 1.19 bits per heavy atom. The van der Waals surface area contributed by atoms with Gasteiger partial charge in [0.05, 0.1) is 12.2 Å². The zero-order valence-corrected chi connectivity index (χ0v) is 16.0. The van der Waals surface area contributed by atoms with Crippen molar-refractivity contribution in [1.29, 1.82) is 0 Å². The minimum Gasteiger partial charge on any atom is -0.481 e. The molecule has 0 unspecified atom stereocenters. The number of aliphatic hydroxyl groups excluding tert-OH is 2. The van der Waals surface area contributed by atoms with Crippen LogP contribution >= 0.6 is 0 Å². The highest BCUT2D eigenvalue weighted by Gasteiger charge is 2.39. The summed E-state index contributed by atoms with van der Waals surface area (Å²) in [5.74, 6) is -1.32. The third-order valence-electron chi connectivity index (χ3n) is 4.60. The van der Waals surface area contributed by atoms with Gasteiger partial charge in [0.2, 0.25) is 0 Å². The molecule has 1 aliphatic carbocycles. The van der Waals surface area contributed by atoms with Gasteiger partial charge in [-0.15, -0.1) is 0 Å². The molecule has 0 saturated heterocycles. The van der Waals surface area contributed by atoms with E-state index < -0.39 is 18.2 Å². The van der Waals surface area contributed by atoms with E-state index in [9.17, 15) is 19.8 Å². The average Bonchev–Trinajstić information content (AvgIpc) is 2.88. The number of carboxylic acid groups (broad SMARTS) is 1. The normalized spacial score (nSPS) is 24.9. The van der Waals surface area contributed by atoms with E-state index in [0.29, 0.717) is 25.7 Å². The number of Topliss-reactive ketones (excluding diaryl/α,β-unsaturated/α-hetero) is 1. The number of hydrogen-bond acceptors (Lipinski definition) is 4. The number of ketones is 1. The lowest BCUT2D eigenvalue weighted by molar-refractivity contribution is -0.136. The molecular formula is C22H32O5. The summed E-state index contributed by atoms with van der Waals surface area (Å²) in [6.07, 6.45) is 17.2. The van der Waals surface area contributed by atoms with Crippen molar-refractivity contribution < 1.29 is 24.9 Å². The second kappa shape index (κ2) is 13.2. The number of rotatable bonds is 12. The van der Waals surface area contributed by atoms with Crippen LogP contribution in [0.1, 0.15) is 51.9 Å². The summed E-state index contributed by atoms with van der Waals surface area (Å²) in [7, 11) is 0. The van der Waals surface area contributed by atoms with E-state index in [-0.39, 0.29) is 30.5 Å². The molecule has 150 valence electrons. The minimum atomic E-state index is -0.805. The van der Waals surface area contributed by atoms with Crippen LogP contribution in [0, 0.1) is 11.8 Å². The molecule has 3 N–H and O–H groups in total. The molecule has 0 bridgehead atoms. The van der Waals surface area contributed by atoms with Crippen molar-refractivity contribution in [3.05, 3.63) is 48.6 Å². The lowest BCUT2D eigenvalue weighted by Crippen LogP contribution is -2.19. The molecule has 5 nitrogen and oxygen atoms in total. The molecule has 5 heteroatoms. The minimum absolute atomic E-state index is 0.0158. The van der Waals surface area contributed by atoms with Crippen LogP contribution in [0.5, 0.6) is 0 Å². The zero-order chi connectivity index (χ0) is 20.1. The summed E-state index contributed by atoms with van der Waals surface area (Å²) in [5, 5.41) is 28.7. The van der Waals surface area contributed by atoms with Crippen molar-refractivity contribution in [1.82, 2.24) is 0 Å². The summed E-state index contributed by atoms with van der Waals surface area (Å²) in [4.78, 5) is 22.5. The lowest BCUT2D eigenvalue weighted by atomic mass is 9.90. The first kappa shape index (κ1) is 23.1. The summed E-state index contributed by atoms with van der Waals surface area (Å²) in [5.41, 5.74) is 0. The second-order valence-corrected chi connectivity index (χ2v) is 6.84. The fourth-order valence-corrected chi connectivity index (χ4v) is 3.10. The number of carboxylic acids is 1.